The molecule has 4 rings (SSSR count). The molecule has 1 N–H and O–H groups in total. The number of alkyl halides is 3. The van der Waals surface area contributed by atoms with Gasteiger partial charge in [0.1, 0.15) is 34.9 Å². The number of aromatic nitrogens is 1. The summed E-state index contributed by atoms with van der Waals surface area (Å²) in [5, 5.41) is 12.7. The first-order valence-corrected chi connectivity index (χ1v) is 32.6. The third kappa shape index (κ3) is 35.4. The van der Waals surface area contributed by atoms with Crippen molar-refractivity contribution in [3.8, 4) is 22.9 Å². The van der Waals surface area contributed by atoms with Crippen LogP contribution in [0.1, 0.15) is 83.9 Å². The van der Waals surface area contributed by atoms with Crippen molar-refractivity contribution in [2.45, 2.75) is 85.3 Å². The molecular weight excluding hydrogens is 1280 g/mol. The Kier molecular flexibility index (Phi) is 37.1. The lowest BCUT2D eigenvalue weighted by molar-refractivity contribution is -0.158. The summed E-state index contributed by atoms with van der Waals surface area (Å²) in [5.74, 6) is -1.37. The van der Waals surface area contributed by atoms with Gasteiger partial charge in [-0.15, -0.1) is 0 Å². The van der Waals surface area contributed by atoms with Crippen LogP contribution >= 0.6 is 11.6 Å². The highest BCUT2D eigenvalue weighted by atomic mass is 35.5. The lowest BCUT2D eigenvalue weighted by Crippen LogP contribution is -2.50. The van der Waals surface area contributed by atoms with Crippen LogP contribution in [0.4, 0.5) is 18.9 Å². The molecule has 1 saturated heterocycles. The van der Waals surface area contributed by atoms with Crippen molar-refractivity contribution in [3.05, 3.63) is 76.6 Å². The molecule has 2 amide bonds. The highest BCUT2D eigenvalue weighted by molar-refractivity contribution is 6.33. The SMILES string of the molecule is CN(C(=O)c1ccc(Cl)c(-c2cnc(C(F)(F)F)cc2C#N)c1)c1ccccc1OCCOCCOCCOCCOCCOCCOCCOCCOCCNC(=O)CN1CCN(CC(=O)OC(C)(C)C)CCN(CC(=O)OC(C)(C)C)CCN(CC(=O)OC(C)(C)C)CC1. The number of hydrogen-bond donors (Lipinski definition) is 1. The summed E-state index contributed by atoms with van der Waals surface area (Å²) >= 11 is 6.39. The highest BCUT2D eigenvalue weighted by Gasteiger charge is 2.34. The number of nitrogens with one attached hydrogen (secondary N) is 1. The van der Waals surface area contributed by atoms with E-state index in [0.717, 1.165) is 6.20 Å². The predicted octanol–water partition coefficient (Wildman–Crippen LogP) is 6.44. The van der Waals surface area contributed by atoms with Gasteiger partial charge in [0.05, 0.1) is 149 Å². The van der Waals surface area contributed by atoms with E-state index in [9.17, 15) is 42.4 Å². The summed E-state index contributed by atoms with van der Waals surface area (Å²) in [6, 6.07) is 13.6. The molecule has 25 nitrogen and oxygen atoms in total. The van der Waals surface area contributed by atoms with Gasteiger partial charge in [0, 0.05) is 93.9 Å². The number of carbonyl (C=O) groups is 5. The number of halogens is 4. The molecule has 0 spiro atoms. The minimum atomic E-state index is -4.75. The third-order valence-electron chi connectivity index (χ3n) is 13.6. The van der Waals surface area contributed by atoms with Gasteiger partial charge in [0.15, 0.2) is 0 Å². The molecule has 1 fully saturated rings. The standard InChI is InChI=1S/C67H100ClF3N8O17/c1-64(2,3)94-60(81)48-77-20-18-76(19-21-78(49-61(82)95-65(4,5)6)23-25-79(24-22-77)50-62(83)96-66(7,8)9)47-59(80)73-17-26-85-27-28-86-29-30-87-31-32-88-33-34-89-35-36-90-37-38-91-39-40-92-41-42-93-57-14-12-11-13-56(57)75(10)63(84)51-15-16-55(68)53(43-51)54-46-74-58(67(69,70)71)44-52(54)45-72/h11-16,43-44,46H,17-42,47-50H2,1-10H3,(H,73,80). The Labute approximate surface area is 568 Å². The first-order valence-electron chi connectivity index (χ1n) is 32.2. The van der Waals surface area contributed by atoms with Crippen molar-refractivity contribution in [1.29, 1.82) is 5.26 Å². The average molecular weight is 1380 g/mol. The number of benzene rings is 2. The molecule has 1 aromatic heterocycles. The van der Waals surface area contributed by atoms with E-state index >= 15 is 0 Å². The maximum Gasteiger partial charge on any atom is 0.433 e. The molecule has 538 valence electrons. The zero-order valence-electron chi connectivity index (χ0n) is 57.5. The second-order valence-electron chi connectivity index (χ2n) is 25.2. The van der Waals surface area contributed by atoms with Crippen LogP contribution < -0.4 is 15.0 Å². The first kappa shape index (κ1) is 82.3. The van der Waals surface area contributed by atoms with Crippen LogP contribution in [-0.4, -0.2) is 276 Å². The Morgan fingerprint density at radius 3 is 1.29 bits per heavy atom. The molecule has 0 unspecified atom stereocenters. The number of carbonyl (C=O) groups excluding carboxylic acids is 5. The Hall–Kier alpha value is -6.17. The maximum atomic E-state index is 13.7. The van der Waals surface area contributed by atoms with Crippen molar-refractivity contribution in [2.24, 2.45) is 0 Å². The van der Waals surface area contributed by atoms with Gasteiger partial charge in [-0.25, -0.2) is 0 Å². The zero-order valence-corrected chi connectivity index (χ0v) is 58.2. The van der Waals surface area contributed by atoms with Crippen molar-refractivity contribution >= 4 is 47.0 Å². The van der Waals surface area contributed by atoms with Crippen molar-refractivity contribution in [1.82, 2.24) is 29.9 Å². The van der Waals surface area contributed by atoms with Crippen molar-refractivity contribution in [2.75, 3.05) is 209 Å². The number of anilines is 1. The summed E-state index contributed by atoms with van der Waals surface area (Å²) < 4.78 is 107. The molecule has 2 aromatic carbocycles. The number of amides is 2. The second-order valence-corrected chi connectivity index (χ2v) is 25.6. The Morgan fingerprint density at radius 1 is 0.531 bits per heavy atom. The number of hydrogen-bond acceptors (Lipinski definition) is 23. The Morgan fingerprint density at radius 2 is 0.906 bits per heavy atom. The van der Waals surface area contributed by atoms with E-state index in [1.54, 1.807) is 37.4 Å². The molecule has 29 heteroatoms. The van der Waals surface area contributed by atoms with Gasteiger partial charge in [-0.2, -0.15) is 18.4 Å². The van der Waals surface area contributed by atoms with Crippen LogP contribution in [0.25, 0.3) is 11.1 Å². The normalized spacial score (nSPS) is 14.5. The molecule has 1 aliphatic heterocycles. The van der Waals surface area contributed by atoms with Gasteiger partial charge >= 0.3 is 24.1 Å². The quantitative estimate of drug-likeness (QED) is 0.0366. The fraction of sp³-hybridized carbons (Fsp3) is 0.657. The molecule has 2 heterocycles. The molecule has 0 aliphatic carbocycles. The van der Waals surface area contributed by atoms with E-state index in [1.807, 2.05) is 81.9 Å². The zero-order chi connectivity index (χ0) is 70.6. The molecular formula is C67H100ClF3N8O17. The topological polar surface area (TPSA) is 261 Å². The number of pyridine rings is 1. The van der Waals surface area contributed by atoms with Gasteiger partial charge < -0.3 is 67.1 Å². The highest BCUT2D eigenvalue weighted by Crippen LogP contribution is 2.36. The monoisotopic (exact) mass is 1380 g/mol. The van der Waals surface area contributed by atoms with Crippen LogP contribution in [-0.2, 0) is 77.5 Å². The summed E-state index contributed by atoms with van der Waals surface area (Å²) in [7, 11) is 1.55. The number of rotatable bonds is 39. The lowest BCUT2D eigenvalue weighted by atomic mass is 9.99. The number of esters is 3. The van der Waals surface area contributed by atoms with E-state index < -0.39 is 34.6 Å². The van der Waals surface area contributed by atoms with Crippen LogP contribution in [0.5, 0.6) is 5.75 Å². The summed E-state index contributed by atoms with van der Waals surface area (Å²) in [6.45, 7) is 26.2. The second kappa shape index (κ2) is 43.3. The average Bonchev–Trinajstić information content (AvgIpc) is 0.842. The molecule has 3 aromatic rings. The number of ether oxygens (including phenoxy) is 12. The number of nitriles is 1. The summed E-state index contributed by atoms with van der Waals surface area (Å²) in [4.78, 5) is 78.8. The summed E-state index contributed by atoms with van der Waals surface area (Å²) in [5.41, 5.74) is -2.68. The molecule has 0 radical (unpaired) electrons. The predicted molar refractivity (Wildman–Crippen MR) is 352 cm³/mol. The number of para-hydroxylation sites is 2. The van der Waals surface area contributed by atoms with Crippen LogP contribution in [0.3, 0.4) is 0 Å². The lowest BCUT2D eigenvalue weighted by Gasteiger charge is -2.34. The first-order chi connectivity index (χ1) is 45.5. The van der Waals surface area contributed by atoms with E-state index in [1.165, 1.54) is 23.1 Å². The van der Waals surface area contributed by atoms with Crippen LogP contribution in [0.15, 0.2) is 54.7 Å². The minimum absolute atomic E-state index is 0.0274. The van der Waals surface area contributed by atoms with Crippen molar-refractivity contribution < 1.29 is 94.0 Å². The Bertz CT molecular complexity index is 2830. The van der Waals surface area contributed by atoms with E-state index in [0.29, 0.717) is 162 Å². The largest absolute Gasteiger partial charge is 0.489 e. The maximum absolute atomic E-state index is 13.7. The fourth-order valence-electron chi connectivity index (χ4n) is 9.20. The fourth-order valence-corrected chi connectivity index (χ4v) is 9.41. The minimum Gasteiger partial charge on any atom is -0.489 e. The molecule has 1 aliphatic rings. The summed E-state index contributed by atoms with van der Waals surface area (Å²) in [6.07, 6.45) is -3.83. The smallest absolute Gasteiger partial charge is 0.433 e. The number of nitrogens with zero attached hydrogens (tertiary/aromatic N) is 7. The molecule has 0 bridgehead atoms. The molecule has 96 heavy (non-hydrogen) atoms. The van der Waals surface area contributed by atoms with Gasteiger partial charge in [-0.3, -0.25) is 48.6 Å². The molecule has 0 saturated carbocycles. The van der Waals surface area contributed by atoms with Crippen molar-refractivity contribution in [3.63, 3.8) is 0 Å². The Balaban J connectivity index is 0.993. The molecule has 0 atom stereocenters. The van der Waals surface area contributed by atoms with Gasteiger partial charge in [-0.1, -0.05) is 23.7 Å². The van der Waals surface area contributed by atoms with E-state index in [4.69, 9.17) is 68.4 Å². The van der Waals surface area contributed by atoms with Gasteiger partial charge in [0.25, 0.3) is 5.91 Å². The van der Waals surface area contributed by atoms with Gasteiger partial charge in [0.2, 0.25) is 5.91 Å². The van der Waals surface area contributed by atoms with Gasteiger partial charge in [-0.05, 0) is 98.7 Å². The third-order valence-corrected chi connectivity index (χ3v) is 14.0. The van der Waals surface area contributed by atoms with E-state index in [-0.39, 0.29) is 104 Å². The van der Waals surface area contributed by atoms with Crippen LogP contribution in [0, 0.1) is 11.3 Å². The van der Waals surface area contributed by atoms with E-state index in [2.05, 4.69) is 10.3 Å². The van der Waals surface area contributed by atoms with Crippen LogP contribution in [0.2, 0.25) is 5.02 Å².